The number of ether oxygens (including phenoxy) is 1. The summed E-state index contributed by atoms with van der Waals surface area (Å²) < 4.78 is 7.59. The van der Waals surface area contributed by atoms with Gasteiger partial charge in [0.05, 0.1) is 11.4 Å². The minimum atomic E-state index is -0.226. The quantitative estimate of drug-likeness (QED) is 0.439. The molecule has 31 heavy (non-hydrogen) atoms. The lowest BCUT2D eigenvalue weighted by Gasteiger charge is -2.07. The average molecular weight is 433 g/mol. The zero-order valence-electron chi connectivity index (χ0n) is 17.8. The number of carbonyl (C=O) groups is 1. The van der Waals surface area contributed by atoms with Gasteiger partial charge >= 0.3 is 0 Å². The van der Waals surface area contributed by atoms with E-state index >= 15 is 0 Å². The van der Waals surface area contributed by atoms with Crippen molar-refractivity contribution in [2.45, 2.75) is 33.9 Å². The van der Waals surface area contributed by atoms with Gasteiger partial charge in [-0.05, 0) is 61.0 Å². The van der Waals surface area contributed by atoms with Crippen LogP contribution < -0.4 is 10.1 Å². The molecule has 0 spiro atoms. The Bertz CT molecular complexity index is 1170. The summed E-state index contributed by atoms with van der Waals surface area (Å²) in [4.78, 5) is 17.4. The first-order chi connectivity index (χ1) is 14.9. The van der Waals surface area contributed by atoms with Crippen molar-refractivity contribution in [2.24, 2.45) is 0 Å². The van der Waals surface area contributed by atoms with Crippen molar-refractivity contribution in [1.29, 1.82) is 0 Å². The molecule has 2 heterocycles. The summed E-state index contributed by atoms with van der Waals surface area (Å²) in [6.07, 6.45) is 1.62. The van der Waals surface area contributed by atoms with Gasteiger partial charge in [0, 0.05) is 5.56 Å². The summed E-state index contributed by atoms with van der Waals surface area (Å²) >= 11 is 1.37. The van der Waals surface area contributed by atoms with Crippen LogP contribution in [-0.4, -0.2) is 20.7 Å². The van der Waals surface area contributed by atoms with Gasteiger partial charge in [0.25, 0.3) is 5.91 Å². The maximum absolute atomic E-state index is 12.6. The summed E-state index contributed by atoms with van der Waals surface area (Å²) in [6, 6.07) is 16.2. The standard InChI is InChI=1S/C24H24N4O2S/c1-16-4-6-19(7-5-16)12-28-15-25-24(27-28)26-23(29)22-11-20(14-31-22)13-30-21-9-17(2)8-18(3)10-21/h4-11,14-15H,12-13H2,1-3H3,(H,26,27,29). The second kappa shape index (κ2) is 9.14. The van der Waals surface area contributed by atoms with E-state index in [1.165, 1.54) is 16.9 Å². The molecular weight excluding hydrogens is 408 g/mol. The van der Waals surface area contributed by atoms with Crippen LogP contribution in [-0.2, 0) is 13.2 Å². The number of nitrogens with one attached hydrogen (secondary N) is 1. The summed E-state index contributed by atoms with van der Waals surface area (Å²) in [5.41, 5.74) is 5.61. The number of nitrogens with zero attached hydrogens (tertiary/aromatic N) is 3. The van der Waals surface area contributed by atoms with Crippen LogP contribution in [0.5, 0.6) is 5.75 Å². The fraction of sp³-hybridized carbons (Fsp3) is 0.208. The van der Waals surface area contributed by atoms with Gasteiger partial charge in [0.1, 0.15) is 18.7 Å². The van der Waals surface area contributed by atoms with Crippen molar-refractivity contribution >= 4 is 23.2 Å². The molecule has 0 unspecified atom stereocenters. The predicted molar refractivity (Wildman–Crippen MR) is 123 cm³/mol. The number of aromatic nitrogens is 3. The fourth-order valence-electron chi connectivity index (χ4n) is 3.23. The molecule has 2 aromatic heterocycles. The van der Waals surface area contributed by atoms with Crippen LogP contribution in [0, 0.1) is 20.8 Å². The Kier molecular flexibility index (Phi) is 6.13. The molecule has 4 rings (SSSR count). The monoisotopic (exact) mass is 432 g/mol. The fourth-order valence-corrected chi connectivity index (χ4v) is 4.02. The number of benzene rings is 2. The zero-order chi connectivity index (χ0) is 21.8. The van der Waals surface area contributed by atoms with Gasteiger partial charge < -0.3 is 4.74 Å². The van der Waals surface area contributed by atoms with E-state index in [9.17, 15) is 4.79 Å². The first kappa shape index (κ1) is 20.8. The highest BCUT2D eigenvalue weighted by Gasteiger charge is 2.12. The predicted octanol–water partition coefficient (Wildman–Crippen LogP) is 5.14. The maximum Gasteiger partial charge on any atom is 0.268 e. The van der Waals surface area contributed by atoms with E-state index in [0.29, 0.717) is 24.0 Å². The van der Waals surface area contributed by atoms with Crippen molar-refractivity contribution in [3.05, 3.63) is 92.9 Å². The minimum Gasteiger partial charge on any atom is -0.489 e. The smallest absolute Gasteiger partial charge is 0.268 e. The van der Waals surface area contributed by atoms with Crippen molar-refractivity contribution < 1.29 is 9.53 Å². The Hall–Kier alpha value is -3.45. The Morgan fingerprint density at radius 1 is 1.00 bits per heavy atom. The molecular formula is C24H24N4O2S. The van der Waals surface area contributed by atoms with Crippen LogP contribution in [0.25, 0.3) is 0 Å². The molecule has 0 bridgehead atoms. The van der Waals surface area contributed by atoms with Crippen LogP contribution in [0.1, 0.15) is 37.5 Å². The van der Waals surface area contributed by atoms with E-state index in [4.69, 9.17) is 4.74 Å². The number of rotatable bonds is 7. The molecule has 0 aliphatic carbocycles. The lowest BCUT2D eigenvalue weighted by Crippen LogP contribution is -2.12. The molecule has 0 saturated heterocycles. The van der Waals surface area contributed by atoms with E-state index in [0.717, 1.165) is 28.0 Å². The third-order valence-corrected chi connectivity index (χ3v) is 5.68. The normalized spacial score (nSPS) is 10.8. The van der Waals surface area contributed by atoms with Crippen molar-refractivity contribution in [3.63, 3.8) is 0 Å². The number of anilines is 1. The van der Waals surface area contributed by atoms with Gasteiger partial charge in [-0.3, -0.25) is 10.1 Å². The van der Waals surface area contributed by atoms with Gasteiger partial charge in [-0.2, -0.15) is 0 Å². The largest absolute Gasteiger partial charge is 0.489 e. The van der Waals surface area contributed by atoms with Gasteiger partial charge in [-0.15, -0.1) is 16.4 Å². The maximum atomic E-state index is 12.6. The Balaban J connectivity index is 1.33. The van der Waals surface area contributed by atoms with E-state index in [1.54, 1.807) is 11.0 Å². The molecule has 0 aliphatic heterocycles. The zero-order valence-corrected chi connectivity index (χ0v) is 18.6. The molecule has 0 fully saturated rings. The lowest BCUT2D eigenvalue weighted by atomic mass is 10.1. The van der Waals surface area contributed by atoms with Crippen LogP contribution in [0.3, 0.4) is 0 Å². The molecule has 6 nitrogen and oxygen atoms in total. The number of carbonyl (C=O) groups excluding carboxylic acids is 1. The highest BCUT2D eigenvalue weighted by molar-refractivity contribution is 7.12. The number of hydrogen-bond donors (Lipinski definition) is 1. The molecule has 1 amide bonds. The number of aryl methyl sites for hydroxylation is 3. The number of thiophene rings is 1. The number of amides is 1. The number of hydrogen-bond acceptors (Lipinski definition) is 5. The molecule has 4 aromatic rings. The minimum absolute atomic E-state index is 0.226. The van der Waals surface area contributed by atoms with Crippen LogP contribution >= 0.6 is 11.3 Å². The summed E-state index contributed by atoms with van der Waals surface area (Å²) in [7, 11) is 0. The Morgan fingerprint density at radius 2 is 1.74 bits per heavy atom. The SMILES string of the molecule is Cc1ccc(Cn2cnc(NC(=O)c3cc(COc4cc(C)cc(C)c4)cs3)n2)cc1. The van der Waals surface area contributed by atoms with E-state index in [-0.39, 0.29) is 5.91 Å². The second-order valence-corrected chi connectivity index (χ2v) is 8.55. The summed E-state index contributed by atoms with van der Waals surface area (Å²) in [6.45, 7) is 7.16. The molecule has 158 valence electrons. The lowest BCUT2D eigenvalue weighted by molar-refractivity contribution is 0.102. The molecule has 0 atom stereocenters. The van der Waals surface area contributed by atoms with Gasteiger partial charge in [-0.1, -0.05) is 35.9 Å². The highest BCUT2D eigenvalue weighted by Crippen LogP contribution is 2.21. The highest BCUT2D eigenvalue weighted by atomic mass is 32.1. The Morgan fingerprint density at radius 3 is 2.48 bits per heavy atom. The summed E-state index contributed by atoms with van der Waals surface area (Å²) in [5, 5.41) is 9.04. The van der Waals surface area contributed by atoms with Gasteiger partial charge in [0.15, 0.2) is 0 Å². The van der Waals surface area contributed by atoms with Crippen molar-refractivity contribution in [2.75, 3.05) is 5.32 Å². The van der Waals surface area contributed by atoms with Crippen molar-refractivity contribution in [3.8, 4) is 5.75 Å². The van der Waals surface area contributed by atoms with E-state index < -0.39 is 0 Å². The van der Waals surface area contributed by atoms with Gasteiger partial charge in [-0.25, -0.2) is 9.67 Å². The van der Waals surface area contributed by atoms with Crippen LogP contribution in [0.15, 0.2) is 60.2 Å². The molecule has 2 aromatic carbocycles. The molecule has 1 N–H and O–H groups in total. The topological polar surface area (TPSA) is 69.0 Å². The Labute approximate surface area is 185 Å². The van der Waals surface area contributed by atoms with E-state index in [2.05, 4.69) is 52.7 Å². The van der Waals surface area contributed by atoms with Crippen molar-refractivity contribution in [1.82, 2.24) is 14.8 Å². The third-order valence-electron chi connectivity index (χ3n) is 4.71. The van der Waals surface area contributed by atoms with E-state index in [1.807, 2.05) is 37.4 Å². The first-order valence-corrected chi connectivity index (χ1v) is 10.9. The van der Waals surface area contributed by atoms with Crippen LogP contribution in [0.4, 0.5) is 5.95 Å². The van der Waals surface area contributed by atoms with Gasteiger partial charge in [0.2, 0.25) is 5.95 Å². The summed E-state index contributed by atoms with van der Waals surface area (Å²) in [5.74, 6) is 0.896. The molecule has 0 aliphatic rings. The second-order valence-electron chi connectivity index (χ2n) is 7.64. The first-order valence-electron chi connectivity index (χ1n) is 9.99. The van der Waals surface area contributed by atoms with Crippen LogP contribution in [0.2, 0.25) is 0 Å². The molecule has 7 heteroatoms. The third kappa shape index (κ3) is 5.58. The molecule has 0 radical (unpaired) electrons. The average Bonchev–Trinajstić information content (AvgIpc) is 3.37. The molecule has 0 saturated carbocycles.